The number of hydrogen-bond donors (Lipinski definition) is 2. The Hall–Kier alpha value is -1.46. The second-order valence-corrected chi connectivity index (χ2v) is 6.34. The van der Waals surface area contributed by atoms with Gasteiger partial charge in [0.1, 0.15) is 0 Å². The van der Waals surface area contributed by atoms with E-state index in [1.54, 1.807) is 12.1 Å². The fraction of sp³-hybridized carbons (Fsp3) is 0.562. The summed E-state index contributed by atoms with van der Waals surface area (Å²) in [6.07, 6.45) is 0. The maximum Gasteiger partial charge on any atom is 0.251 e. The number of amides is 1. The number of carbonyl (C=O) groups is 1. The molecule has 0 radical (unpaired) electrons. The van der Waals surface area contributed by atoms with E-state index in [0.717, 1.165) is 13.1 Å². The summed E-state index contributed by atoms with van der Waals surface area (Å²) in [7, 11) is 1.54. The lowest BCUT2D eigenvalue weighted by Crippen LogP contribution is -2.48. The zero-order chi connectivity index (χ0) is 16.1. The molecule has 0 bridgehead atoms. The molecule has 22 heavy (non-hydrogen) atoms. The van der Waals surface area contributed by atoms with Gasteiger partial charge in [-0.3, -0.25) is 4.79 Å². The van der Waals surface area contributed by atoms with Crippen LogP contribution in [0.5, 0.6) is 11.5 Å². The fourth-order valence-corrected chi connectivity index (χ4v) is 2.34. The lowest BCUT2D eigenvalue weighted by atomic mass is 10.0. The molecule has 6 heteroatoms. The second-order valence-electron chi connectivity index (χ2n) is 5.93. The van der Waals surface area contributed by atoms with Crippen LogP contribution >= 0.6 is 11.6 Å². The van der Waals surface area contributed by atoms with E-state index < -0.39 is 0 Å². The summed E-state index contributed by atoms with van der Waals surface area (Å²) in [6.45, 7) is 7.21. The molecule has 2 N–H and O–H groups in total. The van der Waals surface area contributed by atoms with Crippen LogP contribution in [-0.2, 0) is 0 Å². The van der Waals surface area contributed by atoms with E-state index in [4.69, 9.17) is 21.1 Å². The molecule has 5 nitrogen and oxygen atoms in total. The molecule has 1 aromatic carbocycles. The molecule has 0 atom stereocenters. The van der Waals surface area contributed by atoms with Gasteiger partial charge in [0.25, 0.3) is 5.91 Å². The number of rotatable bonds is 7. The average molecular weight is 327 g/mol. The summed E-state index contributed by atoms with van der Waals surface area (Å²) < 4.78 is 11.0. The Morgan fingerprint density at radius 1 is 1.45 bits per heavy atom. The molecular formula is C16H23ClN2O3. The van der Waals surface area contributed by atoms with Crippen LogP contribution in [0.15, 0.2) is 12.1 Å². The van der Waals surface area contributed by atoms with E-state index in [2.05, 4.69) is 24.5 Å². The third kappa shape index (κ3) is 4.27. The predicted octanol–water partition coefficient (Wildman–Crippen LogP) is 2.33. The minimum atomic E-state index is -0.150. The Bertz CT molecular complexity index is 530. The molecular weight excluding hydrogens is 304 g/mol. The maximum absolute atomic E-state index is 12.2. The van der Waals surface area contributed by atoms with Crippen LogP contribution in [0.4, 0.5) is 0 Å². The third-order valence-corrected chi connectivity index (χ3v) is 3.75. The van der Waals surface area contributed by atoms with Crippen LogP contribution in [0.2, 0.25) is 5.02 Å². The van der Waals surface area contributed by atoms with Crippen molar-refractivity contribution in [1.29, 1.82) is 0 Å². The Balaban J connectivity index is 2.08. The number of carbonyl (C=O) groups excluding carboxylic acids is 1. The van der Waals surface area contributed by atoms with E-state index in [1.165, 1.54) is 7.11 Å². The van der Waals surface area contributed by atoms with Crippen molar-refractivity contribution in [2.24, 2.45) is 11.8 Å². The molecule has 122 valence electrons. The molecule has 1 heterocycles. The first-order valence-corrected chi connectivity index (χ1v) is 7.88. The predicted molar refractivity (Wildman–Crippen MR) is 87.0 cm³/mol. The lowest BCUT2D eigenvalue weighted by Gasteiger charge is -2.27. The summed E-state index contributed by atoms with van der Waals surface area (Å²) >= 11 is 6.25. The van der Waals surface area contributed by atoms with Crippen LogP contribution in [0, 0.1) is 11.8 Å². The fourth-order valence-electron chi connectivity index (χ4n) is 2.07. The molecule has 1 amide bonds. The van der Waals surface area contributed by atoms with E-state index in [-0.39, 0.29) is 5.91 Å². The standard InChI is InChI=1S/C16H23ClN2O3/c1-10(2)9-22-15-13(17)4-12(5-14(15)21-3)16(20)19-8-11-6-18-7-11/h4-5,10-11,18H,6-9H2,1-3H3,(H,19,20). The lowest BCUT2D eigenvalue weighted by molar-refractivity contribution is 0.0941. The molecule has 1 aliphatic rings. The first-order chi connectivity index (χ1) is 10.5. The second kappa shape index (κ2) is 7.70. The molecule has 1 fully saturated rings. The highest BCUT2D eigenvalue weighted by atomic mass is 35.5. The number of hydrogen-bond acceptors (Lipinski definition) is 4. The topological polar surface area (TPSA) is 59.6 Å². The van der Waals surface area contributed by atoms with Crippen molar-refractivity contribution in [2.45, 2.75) is 13.8 Å². The van der Waals surface area contributed by atoms with Crippen LogP contribution in [0.3, 0.4) is 0 Å². The highest BCUT2D eigenvalue weighted by Gasteiger charge is 2.19. The summed E-state index contributed by atoms with van der Waals surface area (Å²) in [4.78, 5) is 12.2. The van der Waals surface area contributed by atoms with E-state index in [0.29, 0.717) is 47.1 Å². The number of nitrogens with one attached hydrogen (secondary N) is 2. The van der Waals surface area contributed by atoms with Gasteiger partial charge in [0.15, 0.2) is 11.5 Å². The van der Waals surface area contributed by atoms with Crippen molar-refractivity contribution in [1.82, 2.24) is 10.6 Å². The highest BCUT2D eigenvalue weighted by molar-refractivity contribution is 6.32. The summed E-state index contributed by atoms with van der Waals surface area (Å²) in [5.41, 5.74) is 0.478. The third-order valence-electron chi connectivity index (χ3n) is 3.47. The van der Waals surface area contributed by atoms with Crippen molar-refractivity contribution < 1.29 is 14.3 Å². The SMILES string of the molecule is COc1cc(C(=O)NCC2CNC2)cc(Cl)c1OCC(C)C. The first-order valence-electron chi connectivity index (χ1n) is 7.50. The van der Waals surface area contributed by atoms with Gasteiger partial charge in [0, 0.05) is 31.1 Å². The minimum Gasteiger partial charge on any atom is -0.493 e. The van der Waals surface area contributed by atoms with Gasteiger partial charge < -0.3 is 20.1 Å². The zero-order valence-electron chi connectivity index (χ0n) is 13.2. The van der Waals surface area contributed by atoms with Crippen molar-refractivity contribution in [3.8, 4) is 11.5 Å². The summed E-state index contributed by atoms with van der Waals surface area (Å²) in [5.74, 6) is 1.69. The smallest absolute Gasteiger partial charge is 0.251 e. The zero-order valence-corrected chi connectivity index (χ0v) is 14.0. The van der Waals surface area contributed by atoms with E-state index >= 15 is 0 Å². The number of ether oxygens (including phenoxy) is 2. The van der Waals surface area contributed by atoms with Crippen molar-refractivity contribution >= 4 is 17.5 Å². The van der Waals surface area contributed by atoms with E-state index in [1.807, 2.05) is 0 Å². The quantitative estimate of drug-likeness (QED) is 0.807. The van der Waals surface area contributed by atoms with Crippen LogP contribution in [0.25, 0.3) is 0 Å². The number of methoxy groups -OCH3 is 1. The van der Waals surface area contributed by atoms with Crippen molar-refractivity contribution in [3.63, 3.8) is 0 Å². The number of halogens is 1. The van der Waals surface area contributed by atoms with Gasteiger partial charge in [-0.05, 0) is 18.1 Å². The normalized spacial score (nSPS) is 14.6. The Morgan fingerprint density at radius 2 is 2.18 bits per heavy atom. The van der Waals surface area contributed by atoms with Gasteiger partial charge in [-0.1, -0.05) is 25.4 Å². The van der Waals surface area contributed by atoms with Crippen molar-refractivity contribution in [2.75, 3.05) is 33.4 Å². The van der Waals surface area contributed by atoms with Gasteiger partial charge in [-0.25, -0.2) is 0 Å². The molecule has 0 saturated carbocycles. The summed E-state index contributed by atoms with van der Waals surface area (Å²) in [5, 5.41) is 6.47. The van der Waals surface area contributed by atoms with Crippen molar-refractivity contribution in [3.05, 3.63) is 22.7 Å². The molecule has 0 aliphatic carbocycles. The molecule has 0 spiro atoms. The van der Waals surface area contributed by atoms with Crippen LogP contribution in [-0.4, -0.2) is 39.3 Å². The van der Waals surface area contributed by atoms with E-state index in [9.17, 15) is 4.79 Å². The molecule has 0 unspecified atom stereocenters. The number of benzene rings is 1. The molecule has 1 aliphatic heterocycles. The highest BCUT2D eigenvalue weighted by Crippen LogP contribution is 2.36. The van der Waals surface area contributed by atoms with Gasteiger partial charge in [0.2, 0.25) is 0 Å². The molecule has 1 aromatic rings. The van der Waals surface area contributed by atoms with Gasteiger partial charge >= 0.3 is 0 Å². The Labute approximate surface area is 136 Å². The molecule has 1 saturated heterocycles. The largest absolute Gasteiger partial charge is 0.493 e. The molecule has 2 rings (SSSR count). The van der Waals surface area contributed by atoms with Gasteiger partial charge in [0.05, 0.1) is 18.7 Å². The van der Waals surface area contributed by atoms with Crippen LogP contribution < -0.4 is 20.1 Å². The Morgan fingerprint density at radius 3 is 2.73 bits per heavy atom. The average Bonchev–Trinajstić information content (AvgIpc) is 2.43. The molecule has 0 aromatic heterocycles. The maximum atomic E-state index is 12.2. The Kier molecular flexibility index (Phi) is 5.91. The van der Waals surface area contributed by atoms with Gasteiger partial charge in [-0.2, -0.15) is 0 Å². The minimum absolute atomic E-state index is 0.150. The monoisotopic (exact) mass is 326 g/mol. The van der Waals surface area contributed by atoms with Crippen LogP contribution in [0.1, 0.15) is 24.2 Å². The summed E-state index contributed by atoms with van der Waals surface area (Å²) in [6, 6.07) is 3.28. The van der Waals surface area contributed by atoms with Gasteiger partial charge in [-0.15, -0.1) is 0 Å². The first kappa shape index (κ1) is 16.9.